The summed E-state index contributed by atoms with van der Waals surface area (Å²) in [6, 6.07) is 7.99. The van der Waals surface area contributed by atoms with E-state index < -0.39 is 5.97 Å². The molecule has 2 N–H and O–H groups in total. The van der Waals surface area contributed by atoms with Gasteiger partial charge in [-0.2, -0.15) is 0 Å². The van der Waals surface area contributed by atoms with Crippen LogP contribution in [0.25, 0.3) is 5.70 Å². The van der Waals surface area contributed by atoms with Crippen LogP contribution in [0, 0.1) is 6.92 Å². The Balaban J connectivity index is 2.31. The molecule has 0 aromatic heterocycles. The van der Waals surface area contributed by atoms with Crippen molar-refractivity contribution in [3.05, 3.63) is 53.1 Å². The van der Waals surface area contributed by atoms with Crippen molar-refractivity contribution in [3.63, 3.8) is 0 Å². The number of benzene rings is 1. The molecule has 1 heterocycles. The lowest BCUT2D eigenvalue weighted by Gasteiger charge is -2.14. The SMILES string of the molecule is Cc1ccc(C2=CC(C(=O)O)=CCN2)cc1. The molecule has 1 aliphatic rings. The zero-order valence-corrected chi connectivity index (χ0v) is 9.03. The summed E-state index contributed by atoms with van der Waals surface area (Å²) in [7, 11) is 0. The highest BCUT2D eigenvalue weighted by Gasteiger charge is 2.11. The fraction of sp³-hybridized carbons (Fsp3) is 0.154. The Kier molecular flexibility index (Phi) is 2.77. The second-order valence-electron chi connectivity index (χ2n) is 3.77. The maximum Gasteiger partial charge on any atom is 0.335 e. The van der Waals surface area contributed by atoms with E-state index >= 15 is 0 Å². The van der Waals surface area contributed by atoms with E-state index in [9.17, 15) is 4.79 Å². The number of rotatable bonds is 2. The van der Waals surface area contributed by atoms with Crippen LogP contribution in [0.5, 0.6) is 0 Å². The van der Waals surface area contributed by atoms with Gasteiger partial charge in [-0.25, -0.2) is 4.79 Å². The van der Waals surface area contributed by atoms with Crippen molar-refractivity contribution in [3.8, 4) is 0 Å². The lowest BCUT2D eigenvalue weighted by Crippen LogP contribution is -2.18. The van der Waals surface area contributed by atoms with Crippen LogP contribution in [0.1, 0.15) is 11.1 Å². The van der Waals surface area contributed by atoms with Crippen LogP contribution >= 0.6 is 0 Å². The van der Waals surface area contributed by atoms with Gasteiger partial charge in [0.25, 0.3) is 0 Å². The summed E-state index contributed by atoms with van der Waals surface area (Å²) in [4.78, 5) is 10.8. The largest absolute Gasteiger partial charge is 0.478 e. The molecular formula is C13H13NO2. The van der Waals surface area contributed by atoms with E-state index in [4.69, 9.17) is 5.11 Å². The molecular weight excluding hydrogens is 202 g/mol. The molecule has 0 radical (unpaired) electrons. The predicted octanol–water partition coefficient (Wildman–Crippen LogP) is 1.95. The van der Waals surface area contributed by atoms with Gasteiger partial charge in [0.05, 0.1) is 5.57 Å². The number of aryl methyl sites for hydroxylation is 1. The van der Waals surface area contributed by atoms with Gasteiger partial charge >= 0.3 is 5.97 Å². The van der Waals surface area contributed by atoms with Crippen molar-refractivity contribution in [1.82, 2.24) is 5.32 Å². The maximum atomic E-state index is 10.8. The summed E-state index contributed by atoms with van der Waals surface area (Å²) in [6.45, 7) is 2.58. The lowest BCUT2D eigenvalue weighted by molar-refractivity contribution is -0.132. The average molecular weight is 215 g/mol. The number of aliphatic carboxylic acids is 1. The summed E-state index contributed by atoms with van der Waals surface area (Å²) in [5.74, 6) is -0.883. The van der Waals surface area contributed by atoms with Crippen LogP contribution < -0.4 is 5.32 Å². The van der Waals surface area contributed by atoms with Gasteiger partial charge in [-0.1, -0.05) is 35.9 Å². The maximum absolute atomic E-state index is 10.8. The average Bonchev–Trinajstić information content (AvgIpc) is 2.30. The Bertz CT molecular complexity index is 469. The van der Waals surface area contributed by atoms with Gasteiger partial charge in [-0.05, 0) is 18.6 Å². The number of dihydropyridines is 1. The van der Waals surface area contributed by atoms with Crippen molar-refractivity contribution >= 4 is 11.7 Å². The van der Waals surface area contributed by atoms with Gasteiger partial charge in [0.1, 0.15) is 0 Å². The normalized spacial score (nSPS) is 14.8. The Morgan fingerprint density at radius 3 is 2.62 bits per heavy atom. The molecule has 0 amide bonds. The highest BCUT2D eigenvalue weighted by atomic mass is 16.4. The molecule has 0 spiro atoms. The van der Waals surface area contributed by atoms with Crippen LogP contribution in [0.3, 0.4) is 0 Å². The molecule has 16 heavy (non-hydrogen) atoms. The zero-order chi connectivity index (χ0) is 11.5. The lowest BCUT2D eigenvalue weighted by atomic mass is 10.0. The highest BCUT2D eigenvalue weighted by Crippen LogP contribution is 2.17. The minimum Gasteiger partial charge on any atom is -0.478 e. The second kappa shape index (κ2) is 4.23. The van der Waals surface area contributed by atoms with E-state index in [0.29, 0.717) is 12.1 Å². The molecule has 1 aliphatic heterocycles. The molecule has 0 saturated heterocycles. The van der Waals surface area contributed by atoms with Crippen LogP contribution in [0.2, 0.25) is 0 Å². The first kappa shape index (κ1) is 10.5. The minimum atomic E-state index is -0.883. The Hall–Kier alpha value is -2.03. The van der Waals surface area contributed by atoms with Gasteiger partial charge in [0, 0.05) is 12.2 Å². The molecule has 3 nitrogen and oxygen atoms in total. The first-order valence-electron chi connectivity index (χ1n) is 5.13. The van der Waals surface area contributed by atoms with Crippen molar-refractivity contribution in [2.24, 2.45) is 0 Å². The quantitative estimate of drug-likeness (QED) is 0.792. The standard InChI is InChI=1S/C13H13NO2/c1-9-2-4-10(5-3-9)12-8-11(13(15)16)6-7-14-12/h2-6,8,14H,7H2,1H3,(H,15,16). The summed E-state index contributed by atoms with van der Waals surface area (Å²) in [6.07, 6.45) is 3.33. The minimum absolute atomic E-state index is 0.342. The van der Waals surface area contributed by atoms with Gasteiger partial charge in [-0.15, -0.1) is 0 Å². The van der Waals surface area contributed by atoms with Crippen LogP contribution in [-0.4, -0.2) is 17.6 Å². The molecule has 2 rings (SSSR count). The predicted molar refractivity (Wildman–Crippen MR) is 62.9 cm³/mol. The number of carboxylic acid groups (broad SMARTS) is 1. The fourth-order valence-corrected chi connectivity index (χ4v) is 1.60. The third-order valence-electron chi connectivity index (χ3n) is 2.52. The number of nitrogens with one attached hydrogen (secondary N) is 1. The van der Waals surface area contributed by atoms with Gasteiger partial charge in [0.15, 0.2) is 0 Å². The molecule has 3 heteroatoms. The van der Waals surface area contributed by atoms with E-state index in [0.717, 1.165) is 11.3 Å². The smallest absolute Gasteiger partial charge is 0.335 e. The van der Waals surface area contributed by atoms with E-state index in [-0.39, 0.29) is 0 Å². The van der Waals surface area contributed by atoms with Crippen LogP contribution in [-0.2, 0) is 4.79 Å². The molecule has 1 aromatic rings. The van der Waals surface area contributed by atoms with Crippen molar-refractivity contribution < 1.29 is 9.90 Å². The van der Waals surface area contributed by atoms with Gasteiger partial charge < -0.3 is 10.4 Å². The van der Waals surface area contributed by atoms with E-state index in [1.54, 1.807) is 12.2 Å². The van der Waals surface area contributed by atoms with E-state index in [1.165, 1.54) is 5.56 Å². The molecule has 82 valence electrons. The zero-order valence-electron chi connectivity index (χ0n) is 9.03. The summed E-state index contributed by atoms with van der Waals surface area (Å²) < 4.78 is 0. The Labute approximate surface area is 94.1 Å². The van der Waals surface area contributed by atoms with Gasteiger partial charge in [-0.3, -0.25) is 0 Å². The second-order valence-corrected chi connectivity index (χ2v) is 3.77. The molecule has 0 unspecified atom stereocenters. The Morgan fingerprint density at radius 2 is 2.00 bits per heavy atom. The number of hydrogen-bond acceptors (Lipinski definition) is 2. The molecule has 0 saturated carbocycles. The fourth-order valence-electron chi connectivity index (χ4n) is 1.60. The summed E-state index contributed by atoms with van der Waals surface area (Å²) in [5, 5.41) is 12.1. The Morgan fingerprint density at radius 1 is 1.31 bits per heavy atom. The van der Waals surface area contributed by atoms with Gasteiger partial charge in [0.2, 0.25) is 0 Å². The molecule has 0 fully saturated rings. The topological polar surface area (TPSA) is 49.3 Å². The third-order valence-corrected chi connectivity index (χ3v) is 2.52. The van der Waals surface area contributed by atoms with Crippen LogP contribution in [0.4, 0.5) is 0 Å². The monoisotopic (exact) mass is 215 g/mol. The molecule has 0 atom stereocenters. The summed E-state index contributed by atoms with van der Waals surface area (Å²) >= 11 is 0. The molecule has 0 aliphatic carbocycles. The van der Waals surface area contributed by atoms with Crippen molar-refractivity contribution in [1.29, 1.82) is 0 Å². The summed E-state index contributed by atoms with van der Waals surface area (Å²) in [5.41, 5.74) is 3.40. The number of carboxylic acids is 1. The number of hydrogen-bond donors (Lipinski definition) is 2. The first-order chi connectivity index (χ1) is 7.66. The van der Waals surface area contributed by atoms with Crippen molar-refractivity contribution in [2.75, 3.05) is 6.54 Å². The molecule has 1 aromatic carbocycles. The third kappa shape index (κ3) is 2.14. The number of carbonyl (C=O) groups is 1. The first-order valence-corrected chi connectivity index (χ1v) is 5.13. The van der Waals surface area contributed by atoms with E-state index in [2.05, 4.69) is 5.32 Å². The highest BCUT2D eigenvalue weighted by molar-refractivity contribution is 5.93. The van der Waals surface area contributed by atoms with Crippen LogP contribution in [0.15, 0.2) is 42.0 Å². The van der Waals surface area contributed by atoms with E-state index in [1.807, 2.05) is 31.2 Å². The molecule has 0 bridgehead atoms. The van der Waals surface area contributed by atoms with Crippen molar-refractivity contribution in [2.45, 2.75) is 6.92 Å².